The van der Waals surface area contributed by atoms with Crippen LogP contribution in [0.25, 0.3) is 0 Å². The molecular weight excluding hydrogens is 218 g/mol. The smallest absolute Gasteiger partial charge is 0.306 e. The number of hydrogen-bond donors (Lipinski definition) is 0. The molecule has 0 fully saturated rings. The van der Waals surface area contributed by atoms with E-state index in [1.165, 1.54) is 56.3 Å². The van der Waals surface area contributed by atoms with Crippen LogP contribution in [0.5, 0.6) is 0 Å². The number of thiazole rings is 1. The first-order valence-corrected chi connectivity index (χ1v) is 7.36. The van der Waals surface area contributed by atoms with E-state index >= 15 is 0 Å². The van der Waals surface area contributed by atoms with Crippen molar-refractivity contribution in [3.8, 4) is 0 Å². The number of rotatable bonds is 9. The Morgan fingerprint density at radius 3 is 2.25 bits per heavy atom. The quantitative estimate of drug-likeness (QED) is 0.598. The third-order valence-electron chi connectivity index (χ3n) is 2.90. The molecule has 0 spiro atoms. The number of aromatic nitrogens is 1. The van der Waals surface area contributed by atoms with Crippen LogP contribution in [0.15, 0.2) is 16.4 Å². The summed E-state index contributed by atoms with van der Waals surface area (Å²) in [6.07, 6.45) is 12.5. The Kier molecular flexibility index (Phi) is 7.23. The van der Waals surface area contributed by atoms with E-state index in [0.717, 1.165) is 13.0 Å². The maximum absolute atomic E-state index is 11.2. The van der Waals surface area contributed by atoms with Crippen molar-refractivity contribution in [1.82, 2.24) is 4.57 Å². The van der Waals surface area contributed by atoms with E-state index in [4.69, 9.17) is 0 Å². The zero-order valence-corrected chi connectivity index (χ0v) is 11.1. The third-order valence-corrected chi connectivity index (χ3v) is 3.59. The van der Waals surface area contributed by atoms with Gasteiger partial charge in [-0.15, -0.1) is 0 Å². The van der Waals surface area contributed by atoms with Crippen molar-refractivity contribution in [2.24, 2.45) is 0 Å². The average molecular weight is 241 g/mol. The molecule has 0 aliphatic rings. The highest BCUT2D eigenvalue weighted by Gasteiger charge is 1.96. The fourth-order valence-electron chi connectivity index (χ4n) is 1.87. The van der Waals surface area contributed by atoms with Crippen LogP contribution in [0.4, 0.5) is 0 Å². The van der Waals surface area contributed by atoms with E-state index in [1.54, 1.807) is 0 Å². The first kappa shape index (κ1) is 13.5. The molecule has 1 heterocycles. The summed E-state index contributed by atoms with van der Waals surface area (Å²) in [5, 5.41) is 1.87. The van der Waals surface area contributed by atoms with Gasteiger partial charge in [0.05, 0.1) is 0 Å². The lowest BCUT2D eigenvalue weighted by Crippen LogP contribution is -2.11. The van der Waals surface area contributed by atoms with Gasteiger partial charge in [-0.25, -0.2) is 0 Å². The monoisotopic (exact) mass is 241 g/mol. The van der Waals surface area contributed by atoms with Gasteiger partial charge in [-0.05, 0) is 6.42 Å². The summed E-state index contributed by atoms with van der Waals surface area (Å²) in [5.41, 5.74) is 0. The van der Waals surface area contributed by atoms with E-state index in [2.05, 4.69) is 6.92 Å². The van der Waals surface area contributed by atoms with Crippen LogP contribution in [0.2, 0.25) is 0 Å². The molecule has 0 saturated heterocycles. The van der Waals surface area contributed by atoms with Crippen LogP contribution >= 0.6 is 11.3 Å². The molecular formula is C13H23NOS. The van der Waals surface area contributed by atoms with Crippen molar-refractivity contribution in [2.45, 2.75) is 64.8 Å². The van der Waals surface area contributed by atoms with E-state index in [0.29, 0.717) is 0 Å². The average Bonchev–Trinajstić information content (AvgIpc) is 2.68. The highest BCUT2D eigenvalue weighted by Crippen LogP contribution is 2.08. The minimum absolute atomic E-state index is 0.183. The summed E-state index contributed by atoms with van der Waals surface area (Å²) in [5.74, 6) is 0. The predicted octanol–water partition coefficient (Wildman–Crippen LogP) is 4.05. The summed E-state index contributed by atoms with van der Waals surface area (Å²) in [4.78, 5) is 11.4. The topological polar surface area (TPSA) is 22.0 Å². The molecule has 0 bridgehead atoms. The van der Waals surface area contributed by atoms with Crippen LogP contribution in [0, 0.1) is 0 Å². The molecule has 0 aliphatic heterocycles. The van der Waals surface area contributed by atoms with Crippen LogP contribution in [0.1, 0.15) is 58.3 Å². The first-order valence-electron chi connectivity index (χ1n) is 6.48. The second-order valence-electron chi connectivity index (χ2n) is 4.34. The van der Waals surface area contributed by atoms with Gasteiger partial charge in [-0.3, -0.25) is 4.79 Å². The van der Waals surface area contributed by atoms with Crippen LogP contribution in [-0.4, -0.2) is 4.57 Å². The first-order chi connectivity index (χ1) is 7.84. The number of aryl methyl sites for hydroxylation is 1. The lowest BCUT2D eigenvalue weighted by molar-refractivity contribution is 0.541. The van der Waals surface area contributed by atoms with E-state index < -0.39 is 0 Å². The summed E-state index contributed by atoms with van der Waals surface area (Å²) < 4.78 is 1.82. The second kappa shape index (κ2) is 8.57. The predicted molar refractivity (Wildman–Crippen MR) is 71.2 cm³/mol. The molecule has 0 saturated carbocycles. The molecule has 16 heavy (non-hydrogen) atoms. The Morgan fingerprint density at radius 2 is 1.69 bits per heavy atom. The Morgan fingerprint density at radius 1 is 1.06 bits per heavy atom. The molecule has 0 aliphatic carbocycles. The Bertz CT molecular complexity index is 316. The number of nitrogens with zero attached hydrogens (tertiary/aromatic N) is 1. The van der Waals surface area contributed by atoms with E-state index in [1.807, 2.05) is 16.1 Å². The molecule has 0 N–H and O–H groups in total. The maximum Gasteiger partial charge on any atom is 0.307 e. The van der Waals surface area contributed by atoms with Gasteiger partial charge in [0.2, 0.25) is 0 Å². The number of hydrogen-bond acceptors (Lipinski definition) is 2. The molecule has 0 atom stereocenters. The summed E-state index contributed by atoms with van der Waals surface area (Å²) in [6, 6.07) is 0. The van der Waals surface area contributed by atoms with E-state index in [9.17, 15) is 4.79 Å². The molecule has 0 radical (unpaired) electrons. The van der Waals surface area contributed by atoms with Gasteiger partial charge in [0, 0.05) is 18.1 Å². The van der Waals surface area contributed by atoms with Crippen LogP contribution in [-0.2, 0) is 6.54 Å². The van der Waals surface area contributed by atoms with Gasteiger partial charge >= 0.3 is 4.87 Å². The molecule has 3 heteroatoms. The van der Waals surface area contributed by atoms with Crippen molar-refractivity contribution in [3.05, 3.63) is 21.2 Å². The Balaban J connectivity index is 1.93. The summed E-state index contributed by atoms with van der Waals surface area (Å²) in [6.45, 7) is 3.15. The van der Waals surface area contributed by atoms with Gasteiger partial charge in [-0.1, -0.05) is 63.2 Å². The van der Waals surface area contributed by atoms with E-state index in [-0.39, 0.29) is 4.87 Å². The summed E-state index contributed by atoms with van der Waals surface area (Å²) >= 11 is 1.29. The van der Waals surface area contributed by atoms with Crippen LogP contribution < -0.4 is 4.87 Å². The lowest BCUT2D eigenvalue weighted by Gasteiger charge is -2.02. The van der Waals surface area contributed by atoms with Gasteiger partial charge in [0.15, 0.2) is 0 Å². The lowest BCUT2D eigenvalue weighted by atomic mass is 10.1. The van der Waals surface area contributed by atoms with Crippen molar-refractivity contribution in [3.63, 3.8) is 0 Å². The minimum Gasteiger partial charge on any atom is -0.306 e. The number of unbranched alkanes of at least 4 members (excludes halogenated alkanes) is 7. The highest BCUT2D eigenvalue weighted by molar-refractivity contribution is 7.07. The van der Waals surface area contributed by atoms with Gasteiger partial charge in [0.25, 0.3) is 0 Å². The standard InChI is InChI=1S/C13H23NOS/c1-2-3-4-5-6-7-8-9-10-14-11-12-16-13(14)15/h11-12H,2-10H2,1H3. The molecule has 1 aromatic heterocycles. The van der Waals surface area contributed by atoms with Crippen molar-refractivity contribution >= 4 is 11.3 Å². The molecule has 0 aromatic carbocycles. The summed E-state index contributed by atoms with van der Waals surface area (Å²) in [7, 11) is 0. The van der Waals surface area contributed by atoms with Crippen molar-refractivity contribution < 1.29 is 0 Å². The van der Waals surface area contributed by atoms with Crippen molar-refractivity contribution in [2.75, 3.05) is 0 Å². The van der Waals surface area contributed by atoms with Gasteiger partial charge in [0.1, 0.15) is 0 Å². The fourth-order valence-corrected chi connectivity index (χ4v) is 2.48. The second-order valence-corrected chi connectivity index (χ2v) is 5.19. The molecule has 92 valence electrons. The zero-order valence-electron chi connectivity index (χ0n) is 10.3. The zero-order chi connectivity index (χ0) is 11.6. The maximum atomic E-state index is 11.2. The Hall–Kier alpha value is -0.570. The van der Waals surface area contributed by atoms with Gasteiger partial charge in [-0.2, -0.15) is 0 Å². The third kappa shape index (κ3) is 5.50. The normalized spacial score (nSPS) is 10.8. The minimum atomic E-state index is 0.183. The van der Waals surface area contributed by atoms with Crippen molar-refractivity contribution in [1.29, 1.82) is 0 Å². The highest BCUT2D eigenvalue weighted by atomic mass is 32.1. The van der Waals surface area contributed by atoms with Crippen LogP contribution in [0.3, 0.4) is 0 Å². The molecule has 0 amide bonds. The largest absolute Gasteiger partial charge is 0.307 e. The Labute approximate surface area is 102 Å². The fraction of sp³-hybridized carbons (Fsp3) is 0.769. The molecule has 1 rings (SSSR count). The molecule has 0 unspecified atom stereocenters. The SMILES string of the molecule is CCCCCCCCCCn1ccsc1=O. The molecule has 1 aromatic rings. The molecule has 2 nitrogen and oxygen atoms in total. The van der Waals surface area contributed by atoms with Gasteiger partial charge < -0.3 is 4.57 Å².